The molecule has 1 rings (SSSR count). The maximum atomic E-state index is 10.9. The fourth-order valence-corrected chi connectivity index (χ4v) is 2.15. The molecule has 0 aliphatic rings. The highest BCUT2D eigenvalue weighted by Gasteiger charge is 2.17. The number of hydrogen-bond acceptors (Lipinski definition) is 3. The molecule has 100 valence electrons. The lowest BCUT2D eigenvalue weighted by molar-refractivity contribution is -0.141. The van der Waals surface area contributed by atoms with Crippen LogP contribution in [0.2, 0.25) is 0 Å². The van der Waals surface area contributed by atoms with Crippen molar-refractivity contribution < 1.29 is 19.4 Å². The standard InChI is InChI=1S/C13H17BrO4/c1-4-18-11-7-12(17-3)10(14)6-9(11)5-8(2)13(15)16/h6-8H,4-5H2,1-3H3,(H,15,16). The summed E-state index contributed by atoms with van der Waals surface area (Å²) in [6.45, 7) is 4.09. The largest absolute Gasteiger partial charge is 0.495 e. The zero-order valence-electron chi connectivity index (χ0n) is 10.7. The molecule has 1 atom stereocenters. The number of benzene rings is 1. The van der Waals surface area contributed by atoms with E-state index in [-0.39, 0.29) is 0 Å². The van der Waals surface area contributed by atoms with Crippen molar-refractivity contribution in [1.82, 2.24) is 0 Å². The van der Waals surface area contributed by atoms with Gasteiger partial charge in [-0.1, -0.05) is 6.92 Å². The Morgan fingerprint density at radius 3 is 2.61 bits per heavy atom. The molecule has 1 unspecified atom stereocenters. The van der Waals surface area contributed by atoms with Gasteiger partial charge >= 0.3 is 5.97 Å². The van der Waals surface area contributed by atoms with E-state index in [9.17, 15) is 4.79 Å². The summed E-state index contributed by atoms with van der Waals surface area (Å²) in [6.07, 6.45) is 0.424. The van der Waals surface area contributed by atoms with E-state index in [2.05, 4.69) is 15.9 Å². The second kappa shape index (κ2) is 6.64. The van der Waals surface area contributed by atoms with Gasteiger partial charge < -0.3 is 14.6 Å². The Labute approximate surface area is 115 Å². The van der Waals surface area contributed by atoms with Gasteiger partial charge in [-0.25, -0.2) is 0 Å². The second-order valence-electron chi connectivity index (χ2n) is 3.97. The molecule has 18 heavy (non-hydrogen) atoms. The van der Waals surface area contributed by atoms with Crippen molar-refractivity contribution in [1.29, 1.82) is 0 Å². The maximum Gasteiger partial charge on any atom is 0.306 e. The molecule has 0 fully saturated rings. The number of ether oxygens (including phenoxy) is 2. The minimum Gasteiger partial charge on any atom is -0.495 e. The van der Waals surface area contributed by atoms with Gasteiger partial charge in [0.25, 0.3) is 0 Å². The predicted molar refractivity (Wildman–Crippen MR) is 72.4 cm³/mol. The minimum atomic E-state index is -0.815. The first-order valence-electron chi connectivity index (χ1n) is 5.71. The zero-order valence-corrected chi connectivity index (χ0v) is 12.3. The van der Waals surface area contributed by atoms with Gasteiger partial charge in [0.2, 0.25) is 0 Å². The molecule has 0 saturated carbocycles. The molecule has 0 heterocycles. The van der Waals surface area contributed by atoms with Crippen LogP contribution in [0.3, 0.4) is 0 Å². The van der Waals surface area contributed by atoms with E-state index in [1.54, 1.807) is 20.1 Å². The Bertz CT molecular complexity index is 431. The molecule has 0 radical (unpaired) electrons. The van der Waals surface area contributed by atoms with Crippen LogP contribution in [-0.2, 0) is 11.2 Å². The van der Waals surface area contributed by atoms with Crippen LogP contribution in [0.1, 0.15) is 19.4 Å². The van der Waals surface area contributed by atoms with Gasteiger partial charge in [-0.15, -0.1) is 0 Å². The Kier molecular flexibility index (Phi) is 5.47. The number of carboxylic acid groups (broad SMARTS) is 1. The van der Waals surface area contributed by atoms with Crippen molar-refractivity contribution in [2.75, 3.05) is 13.7 Å². The molecule has 0 aliphatic heterocycles. The molecular formula is C13H17BrO4. The Morgan fingerprint density at radius 2 is 2.11 bits per heavy atom. The Hall–Kier alpha value is -1.23. The summed E-state index contributed by atoms with van der Waals surface area (Å²) < 4.78 is 11.5. The summed E-state index contributed by atoms with van der Waals surface area (Å²) in [5.74, 6) is 0.0738. The fraction of sp³-hybridized carbons (Fsp3) is 0.462. The van der Waals surface area contributed by atoms with Crippen LogP contribution in [0.5, 0.6) is 11.5 Å². The van der Waals surface area contributed by atoms with E-state index in [1.165, 1.54) is 0 Å². The van der Waals surface area contributed by atoms with Gasteiger partial charge in [-0.3, -0.25) is 4.79 Å². The van der Waals surface area contributed by atoms with E-state index < -0.39 is 11.9 Å². The molecule has 0 bridgehead atoms. The lowest BCUT2D eigenvalue weighted by Gasteiger charge is -2.15. The topological polar surface area (TPSA) is 55.8 Å². The summed E-state index contributed by atoms with van der Waals surface area (Å²) >= 11 is 3.39. The first kappa shape index (κ1) is 14.8. The molecule has 0 amide bonds. The Balaban J connectivity index is 3.08. The molecule has 0 aliphatic carbocycles. The maximum absolute atomic E-state index is 10.9. The van der Waals surface area contributed by atoms with Crippen LogP contribution in [0.25, 0.3) is 0 Å². The van der Waals surface area contributed by atoms with Crippen LogP contribution >= 0.6 is 15.9 Å². The van der Waals surface area contributed by atoms with Crippen molar-refractivity contribution in [3.8, 4) is 11.5 Å². The molecule has 1 aromatic carbocycles. The van der Waals surface area contributed by atoms with Crippen LogP contribution in [0.15, 0.2) is 16.6 Å². The lowest BCUT2D eigenvalue weighted by Crippen LogP contribution is -2.13. The third kappa shape index (κ3) is 3.63. The SMILES string of the molecule is CCOc1cc(OC)c(Br)cc1CC(C)C(=O)O. The number of hydrogen-bond donors (Lipinski definition) is 1. The summed E-state index contributed by atoms with van der Waals surface area (Å²) in [4.78, 5) is 10.9. The summed E-state index contributed by atoms with van der Waals surface area (Å²) in [5, 5.41) is 8.96. The molecule has 1 aromatic rings. The average Bonchev–Trinajstić information content (AvgIpc) is 2.32. The van der Waals surface area contributed by atoms with E-state index in [1.807, 2.05) is 13.0 Å². The first-order valence-corrected chi connectivity index (χ1v) is 6.50. The predicted octanol–water partition coefficient (Wildman–Crippen LogP) is 3.12. The molecule has 1 N–H and O–H groups in total. The van der Waals surface area contributed by atoms with Crippen molar-refractivity contribution in [3.63, 3.8) is 0 Å². The Morgan fingerprint density at radius 1 is 1.44 bits per heavy atom. The van der Waals surface area contributed by atoms with Crippen molar-refractivity contribution in [2.45, 2.75) is 20.3 Å². The smallest absolute Gasteiger partial charge is 0.306 e. The van der Waals surface area contributed by atoms with Gasteiger partial charge in [0, 0.05) is 6.07 Å². The van der Waals surface area contributed by atoms with Crippen LogP contribution < -0.4 is 9.47 Å². The van der Waals surface area contributed by atoms with Crippen molar-refractivity contribution in [2.24, 2.45) is 5.92 Å². The molecule has 5 heteroatoms. The highest BCUT2D eigenvalue weighted by molar-refractivity contribution is 9.10. The molecule has 0 spiro atoms. The second-order valence-corrected chi connectivity index (χ2v) is 4.83. The van der Waals surface area contributed by atoms with Crippen LogP contribution in [-0.4, -0.2) is 24.8 Å². The number of carboxylic acids is 1. The summed E-state index contributed by atoms with van der Waals surface area (Å²) in [5.41, 5.74) is 0.861. The van der Waals surface area contributed by atoms with Crippen LogP contribution in [0.4, 0.5) is 0 Å². The third-order valence-electron chi connectivity index (χ3n) is 2.58. The van der Waals surface area contributed by atoms with E-state index in [0.29, 0.717) is 24.5 Å². The number of rotatable bonds is 6. The lowest BCUT2D eigenvalue weighted by atomic mass is 10.0. The van der Waals surface area contributed by atoms with E-state index >= 15 is 0 Å². The number of aliphatic carboxylic acids is 1. The van der Waals surface area contributed by atoms with Gasteiger partial charge in [-0.05, 0) is 40.9 Å². The molecule has 0 saturated heterocycles. The van der Waals surface area contributed by atoms with E-state index in [4.69, 9.17) is 14.6 Å². The molecular weight excluding hydrogens is 300 g/mol. The average molecular weight is 317 g/mol. The van der Waals surface area contributed by atoms with Gasteiger partial charge in [-0.2, -0.15) is 0 Å². The van der Waals surface area contributed by atoms with Crippen molar-refractivity contribution >= 4 is 21.9 Å². The van der Waals surface area contributed by atoms with E-state index in [0.717, 1.165) is 10.0 Å². The van der Waals surface area contributed by atoms with Gasteiger partial charge in [0.15, 0.2) is 0 Å². The number of methoxy groups -OCH3 is 1. The normalized spacial score (nSPS) is 12.0. The highest BCUT2D eigenvalue weighted by Crippen LogP contribution is 2.34. The van der Waals surface area contributed by atoms with Crippen molar-refractivity contribution in [3.05, 3.63) is 22.2 Å². The highest BCUT2D eigenvalue weighted by atomic mass is 79.9. The van der Waals surface area contributed by atoms with Gasteiger partial charge in [0.05, 0.1) is 24.1 Å². The number of carbonyl (C=O) groups is 1. The monoisotopic (exact) mass is 316 g/mol. The molecule has 0 aromatic heterocycles. The molecule has 4 nitrogen and oxygen atoms in total. The zero-order chi connectivity index (χ0) is 13.7. The summed E-state index contributed by atoms with van der Waals surface area (Å²) in [7, 11) is 1.58. The quantitative estimate of drug-likeness (QED) is 0.876. The minimum absolute atomic E-state index is 0.424. The number of halogens is 1. The van der Waals surface area contributed by atoms with Gasteiger partial charge in [0.1, 0.15) is 11.5 Å². The van der Waals surface area contributed by atoms with Crippen LogP contribution in [0, 0.1) is 5.92 Å². The third-order valence-corrected chi connectivity index (χ3v) is 3.20. The first-order chi connectivity index (χ1) is 8.49. The summed E-state index contributed by atoms with van der Waals surface area (Å²) in [6, 6.07) is 3.63. The fourth-order valence-electron chi connectivity index (χ4n) is 1.60.